The first-order valence-electron chi connectivity index (χ1n) is 24.1. The van der Waals surface area contributed by atoms with Gasteiger partial charge in [-0.15, -0.1) is 11.3 Å². The summed E-state index contributed by atoms with van der Waals surface area (Å²) in [4.78, 5) is 68.9. The number of nitrogen functional groups attached to an aromatic ring is 2. The Bertz CT molecular complexity index is 2880. The van der Waals surface area contributed by atoms with Crippen molar-refractivity contribution in [3.63, 3.8) is 0 Å². The molecule has 1 fully saturated rings. The van der Waals surface area contributed by atoms with Crippen LogP contribution in [0.25, 0.3) is 10.2 Å². The van der Waals surface area contributed by atoms with Gasteiger partial charge in [0.05, 0.1) is 15.8 Å². The number of amides is 4. The van der Waals surface area contributed by atoms with Crippen molar-refractivity contribution in [2.24, 2.45) is 5.92 Å². The van der Waals surface area contributed by atoms with Crippen LogP contribution in [-0.4, -0.2) is 59.8 Å². The molecule has 358 valence electrons. The van der Waals surface area contributed by atoms with Crippen LogP contribution < -0.4 is 37.1 Å². The molecule has 2 aromatic heterocycles. The number of rotatable bonds is 17. The maximum Gasteiger partial charge on any atom is 0.340 e. The Labute approximate surface area is 405 Å². The number of benzene rings is 4. The van der Waals surface area contributed by atoms with Gasteiger partial charge in [-0.25, -0.2) is 4.79 Å². The molecule has 3 aliphatic rings. The van der Waals surface area contributed by atoms with Gasteiger partial charge < -0.3 is 46.4 Å². The summed E-state index contributed by atoms with van der Waals surface area (Å²) in [5.41, 5.74) is 17.7. The molecule has 4 amide bonds. The number of hydrogen-bond donors (Lipinski definition) is 5. The number of aryl methyl sites for hydroxylation is 1. The number of nitrogens with one attached hydrogen (secondary N) is 3. The molecule has 0 radical (unpaired) electrons. The average Bonchev–Trinajstić information content (AvgIpc) is 4.02. The highest BCUT2D eigenvalue weighted by Crippen LogP contribution is 2.56. The third-order valence-corrected chi connectivity index (χ3v) is 14.6. The van der Waals surface area contributed by atoms with Gasteiger partial charge in [0.15, 0.2) is 5.60 Å². The fourth-order valence-corrected chi connectivity index (χ4v) is 11.0. The summed E-state index contributed by atoms with van der Waals surface area (Å²) in [5.74, 6) is -0.152. The summed E-state index contributed by atoms with van der Waals surface area (Å²) in [6.45, 7) is 5.66. The largest absolute Gasteiger partial charge is 0.456 e. The number of anilines is 3. The highest BCUT2D eigenvalue weighted by molar-refractivity contribution is 7.17. The molecule has 6 aromatic rings. The van der Waals surface area contributed by atoms with Gasteiger partial charge in [0.1, 0.15) is 23.7 Å². The summed E-state index contributed by atoms with van der Waals surface area (Å²) >= 11 is 1.55. The SMILES string of the molecule is CCN(C(=O)Cn1c(C(=O)NC2CCC(C(=O)NCCCCCCCCNC(=O)c3ccc4c(c3)C(=O)OC43c4ccc(N)cc4Oc4cc(N)ccc43)CC2)cc2sccc21)c1cccc(C)c1. The van der Waals surface area contributed by atoms with Crippen LogP contribution in [0.1, 0.15) is 125 Å². The first kappa shape index (κ1) is 47.0. The first-order valence-corrected chi connectivity index (χ1v) is 25.0. The van der Waals surface area contributed by atoms with Gasteiger partial charge in [0, 0.05) is 83.0 Å². The second kappa shape index (κ2) is 20.2. The molecule has 7 N–H and O–H groups in total. The molecule has 15 heteroatoms. The average molecular weight is 950 g/mol. The van der Waals surface area contributed by atoms with Crippen LogP contribution in [0, 0.1) is 12.8 Å². The maximum atomic E-state index is 13.7. The van der Waals surface area contributed by atoms with Crippen molar-refractivity contribution in [3.05, 3.63) is 135 Å². The zero-order valence-electron chi connectivity index (χ0n) is 39.1. The van der Waals surface area contributed by atoms with Gasteiger partial charge in [0.2, 0.25) is 11.8 Å². The minimum absolute atomic E-state index is 0.0440. The summed E-state index contributed by atoms with van der Waals surface area (Å²) in [7, 11) is 0. The Kier molecular flexibility index (Phi) is 13.8. The quantitative estimate of drug-likeness (QED) is 0.0336. The highest BCUT2D eigenvalue weighted by Gasteiger charge is 2.53. The zero-order chi connectivity index (χ0) is 48.2. The third kappa shape index (κ3) is 9.65. The number of nitrogens with zero attached hydrogens (tertiary/aromatic N) is 2. The topological polar surface area (TPSA) is 200 Å². The van der Waals surface area contributed by atoms with E-state index in [0.29, 0.717) is 102 Å². The predicted octanol–water partition coefficient (Wildman–Crippen LogP) is 8.97. The van der Waals surface area contributed by atoms with E-state index in [1.807, 2.05) is 60.2 Å². The first-order chi connectivity index (χ1) is 33.4. The van der Waals surface area contributed by atoms with Crippen molar-refractivity contribution in [2.45, 2.75) is 96.2 Å². The van der Waals surface area contributed by atoms with Gasteiger partial charge >= 0.3 is 5.97 Å². The number of unbranched alkanes of at least 4 members (excludes halogenated alkanes) is 5. The van der Waals surface area contributed by atoms with E-state index in [9.17, 15) is 24.0 Å². The van der Waals surface area contributed by atoms with Crippen LogP contribution >= 0.6 is 11.3 Å². The molecule has 0 bridgehead atoms. The van der Waals surface area contributed by atoms with Gasteiger partial charge in [-0.2, -0.15) is 0 Å². The second-order valence-electron chi connectivity index (χ2n) is 18.4. The lowest BCUT2D eigenvalue weighted by molar-refractivity contribution is -0.126. The van der Waals surface area contributed by atoms with Crippen molar-refractivity contribution in [1.29, 1.82) is 0 Å². The van der Waals surface area contributed by atoms with E-state index in [1.165, 1.54) is 0 Å². The fourth-order valence-electron chi connectivity index (χ4n) is 10.1. The lowest BCUT2D eigenvalue weighted by atomic mass is 9.77. The van der Waals surface area contributed by atoms with E-state index < -0.39 is 11.6 Å². The molecule has 0 unspecified atom stereocenters. The molecule has 1 aliphatic carbocycles. The van der Waals surface area contributed by atoms with Gasteiger partial charge in [-0.3, -0.25) is 19.2 Å². The monoisotopic (exact) mass is 949 g/mol. The maximum absolute atomic E-state index is 13.7. The number of likely N-dealkylation sites (N-methyl/N-ethyl adjacent to an activating group) is 1. The molecule has 4 aromatic carbocycles. The minimum atomic E-state index is -1.28. The Hall–Kier alpha value is -7.13. The number of hydrogen-bond acceptors (Lipinski definition) is 10. The van der Waals surface area contributed by atoms with Crippen LogP contribution in [0.4, 0.5) is 17.1 Å². The Morgan fingerprint density at radius 2 is 1.43 bits per heavy atom. The fraction of sp³-hybridized carbons (Fsp3) is 0.352. The van der Waals surface area contributed by atoms with Crippen LogP contribution in [-0.2, 0) is 26.5 Å². The Balaban J connectivity index is 0.669. The summed E-state index contributed by atoms with van der Waals surface area (Å²) in [6, 6.07) is 27.2. The van der Waals surface area contributed by atoms with Crippen molar-refractivity contribution in [1.82, 2.24) is 20.5 Å². The van der Waals surface area contributed by atoms with Crippen LogP contribution in [0.15, 0.2) is 96.4 Å². The molecule has 0 atom stereocenters. The standard InChI is InChI=1S/C54H59N7O7S/c1-3-60(39-12-10-11-33(2)27-39)49(62)32-61-44-23-26-69-48(44)31-45(61)52(65)59-38-18-13-34(14-19-38)50(63)57-24-8-6-4-5-7-9-25-58-51(64)35-15-20-41-40(28-35)53(66)68-54(41)42-21-16-36(55)29-46(42)67-47-30-37(56)17-22-43(47)54/h10-12,15-17,20-23,26-31,34,38H,3-9,13-14,18-19,24-25,32,55-56H2,1-2H3,(H,57,63)(H,58,64)(H,59,65). The van der Waals surface area contributed by atoms with Gasteiger partial charge in [-0.1, -0.05) is 43.9 Å². The molecule has 14 nitrogen and oxygen atoms in total. The smallest absolute Gasteiger partial charge is 0.340 e. The van der Waals surface area contributed by atoms with Crippen molar-refractivity contribution >= 4 is 68.2 Å². The minimum Gasteiger partial charge on any atom is -0.456 e. The molecular formula is C54H59N7O7S. The number of esters is 1. The zero-order valence-corrected chi connectivity index (χ0v) is 39.9. The number of fused-ring (bicyclic) bond motifs is 7. The number of nitrogens with two attached hydrogens (primary N) is 2. The summed E-state index contributed by atoms with van der Waals surface area (Å²) in [5, 5.41) is 11.3. The van der Waals surface area contributed by atoms with E-state index in [1.54, 1.807) is 70.8 Å². The lowest BCUT2D eigenvalue weighted by Gasteiger charge is -2.36. The number of carbonyl (C=O) groups excluding carboxylic acids is 5. The number of thiophene rings is 1. The molecular weight excluding hydrogens is 891 g/mol. The predicted molar refractivity (Wildman–Crippen MR) is 269 cm³/mol. The van der Waals surface area contributed by atoms with E-state index in [0.717, 1.165) is 60.0 Å². The Morgan fingerprint density at radius 1 is 0.768 bits per heavy atom. The van der Waals surface area contributed by atoms with Gasteiger partial charge in [-0.05, 0) is 124 Å². The molecule has 1 saturated carbocycles. The normalized spacial score (nSPS) is 16.5. The van der Waals surface area contributed by atoms with E-state index in [4.69, 9.17) is 20.9 Å². The van der Waals surface area contributed by atoms with Crippen LogP contribution in [0.2, 0.25) is 0 Å². The van der Waals surface area contributed by atoms with Crippen molar-refractivity contribution in [2.75, 3.05) is 36.0 Å². The molecule has 2 aliphatic heterocycles. The molecule has 1 spiro atoms. The molecule has 9 rings (SSSR count). The Morgan fingerprint density at radius 3 is 2.12 bits per heavy atom. The number of aromatic nitrogens is 1. The number of ether oxygens (including phenoxy) is 2. The summed E-state index contributed by atoms with van der Waals surface area (Å²) in [6.07, 6.45) is 8.53. The van der Waals surface area contributed by atoms with Crippen molar-refractivity contribution < 1.29 is 33.4 Å². The van der Waals surface area contributed by atoms with Crippen LogP contribution in [0.3, 0.4) is 0 Å². The lowest BCUT2D eigenvalue weighted by Crippen LogP contribution is -2.42. The molecule has 4 heterocycles. The van der Waals surface area contributed by atoms with Crippen LogP contribution in [0.5, 0.6) is 11.5 Å². The number of carbonyl (C=O) groups is 5. The molecule has 0 saturated heterocycles. The highest BCUT2D eigenvalue weighted by atomic mass is 32.1. The third-order valence-electron chi connectivity index (χ3n) is 13.7. The van der Waals surface area contributed by atoms with Gasteiger partial charge in [0.25, 0.3) is 11.8 Å². The van der Waals surface area contributed by atoms with E-state index in [-0.39, 0.29) is 42.1 Å². The van der Waals surface area contributed by atoms with E-state index in [2.05, 4.69) is 16.0 Å². The van der Waals surface area contributed by atoms with Crippen molar-refractivity contribution in [3.8, 4) is 11.5 Å². The second-order valence-corrected chi connectivity index (χ2v) is 19.3. The molecule has 69 heavy (non-hydrogen) atoms. The van der Waals surface area contributed by atoms with E-state index >= 15 is 0 Å². The summed E-state index contributed by atoms with van der Waals surface area (Å²) < 4.78 is 15.2.